The smallest absolute Gasteiger partial charge is 0.227 e. The molecule has 0 spiro atoms. The molecule has 5 rings (SSSR count). The third kappa shape index (κ3) is 4.39. The Morgan fingerprint density at radius 1 is 1.03 bits per heavy atom. The molecule has 1 aliphatic heterocycles. The van der Waals surface area contributed by atoms with Crippen molar-refractivity contribution in [2.75, 3.05) is 18.0 Å². The van der Waals surface area contributed by atoms with Crippen molar-refractivity contribution in [2.24, 2.45) is 7.05 Å². The fourth-order valence-electron chi connectivity index (χ4n) is 4.83. The minimum absolute atomic E-state index is 0.106. The number of hydrogen-bond acceptors (Lipinski definition) is 6. The number of aromatic nitrogens is 6. The topological polar surface area (TPSA) is 72.6 Å². The molecule has 0 amide bonds. The lowest BCUT2D eigenvalue weighted by atomic mass is 9.84. The van der Waals surface area contributed by atoms with Crippen LogP contribution in [0.25, 0.3) is 11.2 Å². The minimum Gasteiger partial charge on any atom is -0.341 e. The van der Waals surface area contributed by atoms with Crippen LogP contribution in [0, 0.1) is 6.92 Å². The average molecular weight is 456 g/mol. The van der Waals surface area contributed by atoms with E-state index in [2.05, 4.69) is 65.7 Å². The van der Waals surface area contributed by atoms with Gasteiger partial charge in [0.05, 0.1) is 12.0 Å². The maximum atomic E-state index is 5.11. The van der Waals surface area contributed by atoms with Crippen LogP contribution in [0.2, 0.25) is 0 Å². The van der Waals surface area contributed by atoms with Crippen LogP contribution < -0.4 is 4.90 Å². The molecule has 0 aliphatic carbocycles. The molecule has 7 nitrogen and oxygen atoms in total. The van der Waals surface area contributed by atoms with E-state index >= 15 is 0 Å². The first-order valence-electron chi connectivity index (χ1n) is 12.1. The molecule has 1 aliphatic rings. The molecule has 0 bridgehead atoms. The van der Waals surface area contributed by atoms with Crippen LogP contribution in [0.4, 0.5) is 5.95 Å². The van der Waals surface area contributed by atoms with Gasteiger partial charge in [0.15, 0.2) is 5.65 Å². The first-order chi connectivity index (χ1) is 16.3. The zero-order valence-electron chi connectivity index (χ0n) is 20.8. The molecule has 1 aromatic carbocycles. The largest absolute Gasteiger partial charge is 0.341 e. The highest BCUT2D eigenvalue weighted by Crippen LogP contribution is 2.31. The van der Waals surface area contributed by atoms with Gasteiger partial charge < -0.3 is 9.47 Å². The van der Waals surface area contributed by atoms with Crippen molar-refractivity contribution in [3.63, 3.8) is 0 Å². The van der Waals surface area contributed by atoms with E-state index in [-0.39, 0.29) is 5.41 Å². The van der Waals surface area contributed by atoms with E-state index in [1.165, 1.54) is 22.3 Å². The zero-order chi connectivity index (χ0) is 23.9. The van der Waals surface area contributed by atoms with Gasteiger partial charge in [0, 0.05) is 39.0 Å². The van der Waals surface area contributed by atoms with E-state index in [1.54, 1.807) is 6.33 Å². The summed E-state index contributed by atoms with van der Waals surface area (Å²) in [6.07, 6.45) is 10.2. The molecule has 4 aromatic rings. The Morgan fingerprint density at radius 2 is 1.76 bits per heavy atom. The predicted molar refractivity (Wildman–Crippen MR) is 135 cm³/mol. The molecule has 1 fully saturated rings. The normalized spacial score (nSPS) is 15.3. The van der Waals surface area contributed by atoms with Crippen molar-refractivity contribution in [3.05, 3.63) is 71.2 Å². The van der Waals surface area contributed by atoms with Gasteiger partial charge in [-0.2, -0.15) is 4.98 Å². The van der Waals surface area contributed by atoms with Crippen LogP contribution in [-0.2, 0) is 18.9 Å². The van der Waals surface area contributed by atoms with Crippen LogP contribution in [0.3, 0.4) is 0 Å². The van der Waals surface area contributed by atoms with E-state index in [9.17, 15) is 0 Å². The molecule has 34 heavy (non-hydrogen) atoms. The predicted octanol–water partition coefficient (Wildman–Crippen LogP) is 4.73. The zero-order valence-corrected chi connectivity index (χ0v) is 20.8. The number of piperidine rings is 1. The standard InChI is InChI=1S/C27H33N7/c1-18-6-7-22(27(2,3)4)12-20(18)13-23-24-25(30-17-33(24)5)32-26(31-23)34-10-8-19(9-11-34)21-14-28-16-29-15-21/h6-7,12,14-17,19H,8-11,13H2,1-5H3. The maximum Gasteiger partial charge on any atom is 0.227 e. The molecular formula is C27H33N7. The molecular weight excluding hydrogens is 422 g/mol. The maximum absolute atomic E-state index is 5.11. The third-order valence-electron chi connectivity index (χ3n) is 7.03. The molecule has 4 heterocycles. The fraction of sp³-hybridized carbons (Fsp3) is 0.444. The molecule has 176 valence electrons. The van der Waals surface area contributed by atoms with E-state index in [0.29, 0.717) is 5.92 Å². The summed E-state index contributed by atoms with van der Waals surface area (Å²) < 4.78 is 2.04. The van der Waals surface area contributed by atoms with Gasteiger partial charge in [-0.25, -0.2) is 19.9 Å². The van der Waals surface area contributed by atoms with Crippen molar-refractivity contribution in [2.45, 2.75) is 58.3 Å². The van der Waals surface area contributed by atoms with Crippen molar-refractivity contribution in [3.8, 4) is 0 Å². The number of aryl methyl sites for hydroxylation is 2. The molecule has 0 saturated carbocycles. The lowest BCUT2D eigenvalue weighted by Crippen LogP contribution is -2.34. The Morgan fingerprint density at radius 3 is 2.47 bits per heavy atom. The molecule has 7 heteroatoms. The van der Waals surface area contributed by atoms with Crippen LogP contribution >= 0.6 is 0 Å². The van der Waals surface area contributed by atoms with Crippen LogP contribution in [0.5, 0.6) is 0 Å². The van der Waals surface area contributed by atoms with Gasteiger partial charge in [0.2, 0.25) is 5.95 Å². The van der Waals surface area contributed by atoms with Gasteiger partial charge in [-0.1, -0.05) is 39.0 Å². The summed E-state index contributed by atoms with van der Waals surface area (Å²) in [6.45, 7) is 10.8. The molecule has 0 radical (unpaired) electrons. The van der Waals surface area contributed by atoms with Gasteiger partial charge in [-0.3, -0.25) is 0 Å². The summed E-state index contributed by atoms with van der Waals surface area (Å²) in [5.74, 6) is 1.27. The number of rotatable bonds is 4. The molecule has 0 unspecified atom stereocenters. The van der Waals surface area contributed by atoms with Crippen LogP contribution in [-0.4, -0.2) is 42.6 Å². The molecule has 0 N–H and O–H groups in total. The second kappa shape index (κ2) is 8.78. The van der Waals surface area contributed by atoms with E-state index in [0.717, 1.165) is 55.2 Å². The number of nitrogens with zero attached hydrogens (tertiary/aromatic N) is 7. The number of imidazole rings is 1. The third-order valence-corrected chi connectivity index (χ3v) is 7.03. The molecule has 3 aromatic heterocycles. The highest BCUT2D eigenvalue weighted by molar-refractivity contribution is 5.75. The summed E-state index contributed by atoms with van der Waals surface area (Å²) in [4.78, 5) is 25.2. The van der Waals surface area contributed by atoms with Crippen molar-refractivity contribution in [1.29, 1.82) is 0 Å². The number of hydrogen-bond donors (Lipinski definition) is 0. The monoisotopic (exact) mass is 455 g/mol. The van der Waals surface area contributed by atoms with Crippen molar-refractivity contribution >= 4 is 17.1 Å². The number of fused-ring (bicyclic) bond motifs is 1. The lowest BCUT2D eigenvalue weighted by molar-refractivity contribution is 0.497. The van der Waals surface area contributed by atoms with Gasteiger partial charge in [-0.15, -0.1) is 0 Å². The number of anilines is 1. The van der Waals surface area contributed by atoms with Crippen LogP contribution in [0.1, 0.15) is 67.5 Å². The first-order valence-corrected chi connectivity index (χ1v) is 12.1. The Balaban J connectivity index is 1.45. The highest BCUT2D eigenvalue weighted by atomic mass is 15.3. The van der Waals surface area contributed by atoms with E-state index in [1.807, 2.05) is 30.3 Å². The highest BCUT2D eigenvalue weighted by Gasteiger charge is 2.24. The van der Waals surface area contributed by atoms with Crippen LogP contribution in [0.15, 0.2) is 43.2 Å². The van der Waals surface area contributed by atoms with E-state index in [4.69, 9.17) is 9.97 Å². The number of benzene rings is 1. The SMILES string of the molecule is Cc1ccc(C(C)(C)C)cc1Cc1nc(N2CCC(c3cncnc3)CC2)nc2ncn(C)c12. The van der Waals surface area contributed by atoms with Gasteiger partial charge in [0.1, 0.15) is 11.8 Å². The average Bonchev–Trinajstić information content (AvgIpc) is 3.21. The summed E-state index contributed by atoms with van der Waals surface area (Å²) in [5.41, 5.74) is 8.08. The van der Waals surface area contributed by atoms with Crippen molar-refractivity contribution < 1.29 is 0 Å². The Bertz CT molecular complexity index is 1300. The van der Waals surface area contributed by atoms with Gasteiger partial charge in [-0.05, 0) is 53.4 Å². The minimum atomic E-state index is 0.106. The Hall–Kier alpha value is -3.35. The summed E-state index contributed by atoms with van der Waals surface area (Å²) >= 11 is 0. The second-order valence-electron chi connectivity index (χ2n) is 10.5. The summed E-state index contributed by atoms with van der Waals surface area (Å²) in [7, 11) is 2.02. The van der Waals surface area contributed by atoms with Gasteiger partial charge >= 0.3 is 0 Å². The lowest BCUT2D eigenvalue weighted by Gasteiger charge is -2.32. The molecule has 0 atom stereocenters. The second-order valence-corrected chi connectivity index (χ2v) is 10.5. The fourth-order valence-corrected chi connectivity index (χ4v) is 4.83. The quantitative estimate of drug-likeness (QED) is 0.443. The summed E-state index contributed by atoms with van der Waals surface area (Å²) in [5, 5.41) is 0. The van der Waals surface area contributed by atoms with Crippen molar-refractivity contribution in [1.82, 2.24) is 29.5 Å². The Labute approximate surface area is 201 Å². The molecule has 1 saturated heterocycles. The van der Waals surface area contributed by atoms with E-state index < -0.39 is 0 Å². The van der Waals surface area contributed by atoms with Gasteiger partial charge in [0.25, 0.3) is 0 Å². The Kier molecular flexibility index (Phi) is 5.80. The summed E-state index contributed by atoms with van der Waals surface area (Å²) in [6, 6.07) is 6.81. The first kappa shape index (κ1) is 22.4.